The lowest BCUT2D eigenvalue weighted by Crippen LogP contribution is -2.15. The van der Waals surface area contributed by atoms with E-state index < -0.39 is 11.9 Å². The van der Waals surface area contributed by atoms with E-state index in [1.807, 2.05) is 0 Å². The Morgan fingerprint density at radius 2 is 1.88 bits per heavy atom. The first kappa shape index (κ1) is 15.7. The minimum atomic E-state index is -0.996. The van der Waals surface area contributed by atoms with E-state index in [9.17, 15) is 14.4 Å². The average molecular weight is 260 g/mol. The summed E-state index contributed by atoms with van der Waals surface area (Å²) >= 11 is 1.04. The molecule has 0 radical (unpaired) electrons. The fourth-order valence-electron chi connectivity index (χ4n) is 0.991. The molecule has 0 spiro atoms. The van der Waals surface area contributed by atoms with Crippen LogP contribution < -0.4 is 0 Å². The maximum absolute atomic E-state index is 11.0. The second kappa shape index (κ2) is 7.89. The van der Waals surface area contributed by atoms with Crippen LogP contribution in [-0.4, -0.2) is 34.0 Å². The van der Waals surface area contributed by atoms with Crippen LogP contribution in [0.2, 0.25) is 0 Å². The van der Waals surface area contributed by atoms with Gasteiger partial charge in [0.1, 0.15) is 6.61 Å². The van der Waals surface area contributed by atoms with Gasteiger partial charge in [-0.3, -0.25) is 9.59 Å². The summed E-state index contributed by atoms with van der Waals surface area (Å²) in [5.41, 5.74) is 0.210. The molecule has 0 saturated carbocycles. The monoisotopic (exact) mass is 260 g/mol. The van der Waals surface area contributed by atoms with Crippen LogP contribution in [0.5, 0.6) is 0 Å². The number of carbonyl (C=O) groups is 3. The van der Waals surface area contributed by atoms with Crippen LogP contribution in [0.15, 0.2) is 11.6 Å². The van der Waals surface area contributed by atoms with Gasteiger partial charge >= 0.3 is 11.9 Å². The van der Waals surface area contributed by atoms with E-state index >= 15 is 0 Å². The molecule has 0 rings (SSSR count). The Balaban J connectivity index is 4.37. The molecule has 0 aliphatic carbocycles. The van der Waals surface area contributed by atoms with Gasteiger partial charge in [0.2, 0.25) is 0 Å². The second-order valence-electron chi connectivity index (χ2n) is 3.46. The Bertz CT molecular complexity index is 335. The summed E-state index contributed by atoms with van der Waals surface area (Å²) in [4.78, 5) is 32.2. The Morgan fingerprint density at radius 1 is 1.29 bits per heavy atom. The highest BCUT2D eigenvalue weighted by Gasteiger charge is 2.13. The van der Waals surface area contributed by atoms with Crippen molar-refractivity contribution in [1.29, 1.82) is 0 Å². The average Bonchev–Trinajstić information content (AvgIpc) is 2.20. The molecule has 0 saturated heterocycles. The van der Waals surface area contributed by atoms with Gasteiger partial charge in [-0.25, -0.2) is 4.79 Å². The summed E-state index contributed by atoms with van der Waals surface area (Å²) in [6, 6.07) is 0. The zero-order chi connectivity index (χ0) is 13.4. The predicted molar refractivity (Wildman–Crippen MR) is 64.7 cm³/mol. The first-order valence-electron chi connectivity index (χ1n) is 5.03. The highest BCUT2D eigenvalue weighted by molar-refractivity contribution is 8.14. The minimum Gasteiger partial charge on any atom is -0.478 e. The molecule has 0 heterocycles. The standard InChI is InChI=1S/C11H16O5S/c1-7(11(14)15)4-5-10(17-9(3)13)6-16-8(2)12/h4,10H,5-6H2,1-3H3,(H,14,15). The highest BCUT2D eigenvalue weighted by Crippen LogP contribution is 2.17. The zero-order valence-corrected chi connectivity index (χ0v) is 10.9. The predicted octanol–water partition coefficient (Wildman–Crippen LogP) is 1.62. The topological polar surface area (TPSA) is 80.7 Å². The number of esters is 1. The number of carbonyl (C=O) groups excluding carboxylic acids is 2. The van der Waals surface area contributed by atoms with Crippen LogP contribution in [0, 0.1) is 0 Å². The van der Waals surface area contributed by atoms with E-state index in [0.717, 1.165) is 11.8 Å². The number of aliphatic carboxylic acids is 1. The van der Waals surface area contributed by atoms with Crippen molar-refractivity contribution in [1.82, 2.24) is 0 Å². The van der Waals surface area contributed by atoms with Crippen molar-refractivity contribution < 1.29 is 24.2 Å². The molecule has 0 aromatic rings. The van der Waals surface area contributed by atoms with Crippen molar-refractivity contribution in [3.05, 3.63) is 11.6 Å². The molecule has 96 valence electrons. The van der Waals surface area contributed by atoms with Gasteiger partial charge in [0.05, 0.1) is 0 Å². The molecule has 17 heavy (non-hydrogen) atoms. The molecule has 0 aromatic heterocycles. The maximum Gasteiger partial charge on any atom is 0.330 e. The Hall–Kier alpha value is -1.30. The molecular formula is C11H16O5S. The molecule has 1 N–H and O–H groups in total. The van der Waals surface area contributed by atoms with E-state index in [4.69, 9.17) is 9.84 Å². The lowest BCUT2D eigenvalue weighted by atomic mass is 10.2. The van der Waals surface area contributed by atoms with Gasteiger partial charge in [-0.05, 0) is 13.3 Å². The quantitative estimate of drug-likeness (QED) is 0.577. The van der Waals surface area contributed by atoms with Crippen molar-refractivity contribution >= 4 is 28.8 Å². The third-order valence-corrected chi connectivity index (χ3v) is 2.82. The third-order valence-electron chi connectivity index (χ3n) is 1.83. The van der Waals surface area contributed by atoms with Crippen LogP contribution in [0.1, 0.15) is 27.2 Å². The van der Waals surface area contributed by atoms with E-state index in [1.54, 1.807) is 0 Å². The molecule has 6 heteroatoms. The number of rotatable bonds is 6. The van der Waals surface area contributed by atoms with E-state index in [2.05, 4.69) is 0 Å². The lowest BCUT2D eigenvalue weighted by Gasteiger charge is -2.12. The summed E-state index contributed by atoms with van der Waals surface area (Å²) in [7, 11) is 0. The molecule has 1 unspecified atom stereocenters. The Morgan fingerprint density at radius 3 is 2.29 bits per heavy atom. The molecule has 0 fully saturated rings. The van der Waals surface area contributed by atoms with Gasteiger partial charge in [0, 0.05) is 24.7 Å². The van der Waals surface area contributed by atoms with E-state index in [0.29, 0.717) is 6.42 Å². The van der Waals surface area contributed by atoms with Crippen LogP contribution in [-0.2, 0) is 19.1 Å². The lowest BCUT2D eigenvalue weighted by molar-refractivity contribution is -0.141. The maximum atomic E-state index is 11.0. The number of ether oxygens (including phenoxy) is 1. The van der Waals surface area contributed by atoms with Crippen molar-refractivity contribution in [2.24, 2.45) is 0 Å². The molecule has 5 nitrogen and oxygen atoms in total. The van der Waals surface area contributed by atoms with Crippen molar-refractivity contribution in [3.63, 3.8) is 0 Å². The molecule has 0 aliphatic rings. The van der Waals surface area contributed by atoms with Crippen molar-refractivity contribution in [2.45, 2.75) is 32.4 Å². The minimum absolute atomic E-state index is 0.0940. The number of allylic oxidation sites excluding steroid dienone is 1. The largest absolute Gasteiger partial charge is 0.478 e. The third kappa shape index (κ3) is 8.50. The van der Waals surface area contributed by atoms with Crippen LogP contribution in [0.4, 0.5) is 0 Å². The number of thioether (sulfide) groups is 1. The summed E-state index contributed by atoms with van der Waals surface area (Å²) in [6.07, 6.45) is 1.89. The summed E-state index contributed by atoms with van der Waals surface area (Å²) < 4.78 is 4.81. The van der Waals surface area contributed by atoms with E-state index in [-0.39, 0.29) is 22.5 Å². The number of hydrogen-bond donors (Lipinski definition) is 1. The molecular weight excluding hydrogens is 244 g/mol. The molecule has 0 bridgehead atoms. The molecule has 0 aromatic carbocycles. The Labute approximate surface area is 104 Å². The van der Waals surface area contributed by atoms with Gasteiger partial charge in [-0.15, -0.1) is 0 Å². The van der Waals surface area contributed by atoms with Crippen LogP contribution >= 0.6 is 11.8 Å². The molecule has 0 amide bonds. The SMILES string of the molecule is CC(=O)OCC(CC=C(C)C(=O)O)SC(C)=O. The van der Waals surface area contributed by atoms with Crippen LogP contribution in [0.3, 0.4) is 0 Å². The number of carboxylic acids is 1. The van der Waals surface area contributed by atoms with Gasteiger partial charge in [0.25, 0.3) is 0 Å². The molecule has 0 aliphatic heterocycles. The van der Waals surface area contributed by atoms with Gasteiger partial charge in [-0.1, -0.05) is 17.8 Å². The summed E-state index contributed by atoms with van der Waals surface area (Å²) in [5, 5.41) is 8.33. The second-order valence-corrected chi connectivity index (χ2v) is 4.94. The van der Waals surface area contributed by atoms with Gasteiger partial charge < -0.3 is 9.84 Å². The number of hydrogen-bond acceptors (Lipinski definition) is 5. The Kier molecular flexibility index (Phi) is 7.29. The van der Waals surface area contributed by atoms with Crippen molar-refractivity contribution in [3.8, 4) is 0 Å². The van der Waals surface area contributed by atoms with Gasteiger partial charge in [0.15, 0.2) is 5.12 Å². The number of carboxylic acid groups (broad SMARTS) is 1. The highest BCUT2D eigenvalue weighted by atomic mass is 32.2. The smallest absolute Gasteiger partial charge is 0.330 e. The molecule has 1 atom stereocenters. The van der Waals surface area contributed by atoms with Crippen molar-refractivity contribution in [2.75, 3.05) is 6.61 Å². The normalized spacial score (nSPS) is 13.0. The summed E-state index contributed by atoms with van der Waals surface area (Å²) in [6.45, 7) is 4.28. The zero-order valence-electron chi connectivity index (χ0n) is 10.1. The first-order chi connectivity index (χ1) is 7.82. The fourth-order valence-corrected chi connectivity index (χ4v) is 1.79. The first-order valence-corrected chi connectivity index (χ1v) is 5.91. The van der Waals surface area contributed by atoms with Crippen LogP contribution in [0.25, 0.3) is 0 Å². The van der Waals surface area contributed by atoms with E-state index in [1.165, 1.54) is 26.8 Å². The van der Waals surface area contributed by atoms with Gasteiger partial charge in [-0.2, -0.15) is 0 Å². The fraction of sp³-hybridized carbons (Fsp3) is 0.545. The summed E-state index contributed by atoms with van der Waals surface area (Å²) in [5.74, 6) is -1.41.